The zero-order valence-electron chi connectivity index (χ0n) is 13.9. The molecular formula is C19H14FN5O. The van der Waals surface area contributed by atoms with Crippen LogP contribution in [0.2, 0.25) is 0 Å². The number of carbonyl (C=O) groups excluding carboxylic acids is 1. The van der Waals surface area contributed by atoms with Crippen LogP contribution in [0.25, 0.3) is 0 Å². The largest absolute Gasteiger partial charge is 0.342 e. The van der Waals surface area contributed by atoms with Gasteiger partial charge in [0.2, 0.25) is 0 Å². The molecular weight excluding hydrogens is 333 g/mol. The highest BCUT2D eigenvalue weighted by molar-refractivity contribution is 5.98. The average molecular weight is 347 g/mol. The summed E-state index contributed by atoms with van der Waals surface area (Å²) in [7, 11) is 1.74. The van der Waals surface area contributed by atoms with Crippen LogP contribution in [0.15, 0.2) is 55.2 Å². The van der Waals surface area contributed by atoms with Gasteiger partial charge in [-0.15, -0.1) is 0 Å². The minimum atomic E-state index is -0.512. The molecule has 0 spiro atoms. The number of rotatable bonds is 5. The molecule has 6 nitrogen and oxygen atoms in total. The van der Waals surface area contributed by atoms with Gasteiger partial charge in [0, 0.05) is 30.2 Å². The Hall–Kier alpha value is -3.66. The molecule has 2 heterocycles. The SMILES string of the molecule is CN(c1cncnc1)c1cc(F)cc(C(=O)Cc2ccc(C#N)cn2)c1. The lowest BCUT2D eigenvalue weighted by Gasteiger charge is -2.19. The van der Waals surface area contributed by atoms with Crippen LogP contribution in [0.5, 0.6) is 0 Å². The molecule has 3 aromatic rings. The first-order chi connectivity index (χ1) is 12.6. The summed E-state index contributed by atoms with van der Waals surface area (Å²) in [5.41, 5.74) is 2.36. The van der Waals surface area contributed by atoms with Crippen molar-refractivity contribution >= 4 is 17.2 Å². The molecule has 0 aliphatic heterocycles. The van der Waals surface area contributed by atoms with Crippen LogP contribution >= 0.6 is 0 Å². The molecule has 2 aromatic heterocycles. The standard InChI is InChI=1S/C19H14FN5O/c1-25(18-10-22-12-23-11-18)17-5-14(4-15(20)6-17)19(26)7-16-3-2-13(8-21)9-24-16/h2-6,9-12H,7H2,1H3. The van der Waals surface area contributed by atoms with Gasteiger partial charge in [-0.2, -0.15) is 5.26 Å². The van der Waals surface area contributed by atoms with Crippen molar-refractivity contribution in [2.75, 3.05) is 11.9 Å². The molecule has 0 unspecified atom stereocenters. The Labute approximate surface area is 149 Å². The third-order valence-corrected chi connectivity index (χ3v) is 3.82. The first kappa shape index (κ1) is 17.2. The number of Topliss-reactive ketones (excluding diaryl/α,β-unsaturated/α-hetero) is 1. The van der Waals surface area contributed by atoms with E-state index in [0.717, 1.165) is 0 Å². The molecule has 0 saturated carbocycles. The molecule has 0 amide bonds. The van der Waals surface area contributed by atoms with E-state index < -0.39 is 5.82 Å². The highest BCUT2D eigenvalue weighted by Crippen LogP contribution is 2.25. The molecule has 26 heavy (non-hydrogen) atoms. The summed E-state index contributed by atoms with van der Waals surface area (Å²) in [6.07, 6.45) is 6.03. The molecule has 0 fully saturated rings. The predicted molar refractivity (Wildman–Crippen MR) is 93.5 cm³/mol. The minimum Gasteiger partial charge on any atom is -0.342 e. The van der Waals surface area contributed by atoms with Gasteiger partial charge in [0.25, 0.3) is 0 Å². The molecule has 0 aliphatic carbocycles. The minimum absolute atomic E-state index is 0.0206. The Bertz CT molecular complexity index is 967. The number of hydrogen-bond acceptors (Lipinski definition) is 6. The summed E-state index contributed by atoms with van der Waals surface area (Å²) in [4.78, 5) is 26.2. The molecule has 0 bridgehead atoms. The van der Waals surface area contributed by atoms with E-state index in [2.05, 4.69) is 15.0 Å². The Kier molecular flexibility index (Phi) is 4.94. The lowest BCUT2D eigenvalue weighted by molar-refractivity contribution is 0.0991. The fourth-order valence-electron chi connectivity index (χ4n) is 2.40. The first-order valence-electron chi connectivity index (χ1n) is 7.74. The summed E-state index contributed by atoms with van der Waals surface area (Å²) in [6.45, 7) is 0. The van der Waals surface area contributed by atoms with Crippen molar-refractivity contribution in [1.29, 1.82) is 5.26 Å². The van der Waals surface area contributed by atoms with Gasteiger partial charge < -0.3 is 4.90 Å². The molecule has 7 heteroatoms. The fraction of sp³-hybridized carbons (Fsp3) is 0.105. The number of carbonyl (C=O) groups is 1. The van der Waals surface area contributed by atoms with Gasteiger partial charge in [-0.3, -0.25) is 9.78 Å². The highest BCUT2D eigenvalue weighted by atomic mass is 19.1. The lowest BCUT2D eigenvalue weighted by atomic mass is 10.0. The van der Waals surface area contributed by atoms with E-state index >= 15 is 0 Å². The summed E-state index contributed by atoms with van der Waals surface area (Å²) in [6, 6.07) is 9.33. The van der Waals surface area contributed by atoms with Gasteiger partial charge in [0.15, 0.2) is 5.78 Å². The monoisotopic (exact) mass is 347 g/mol. The maximum absolute atomic E-state index is 14.0. The van der Waals surface area contributed by atoms with Gasteiger partial charge in [-0.05, 0) is 30.3 Å². The third-order valence-electron chi connectivity index (χ3n) is 3.82. The quantitative estimate of drug-likeness (QED) is 0.660. The third kappa shape index (κ3) is 3.87. The van der Waals surface area contributed by atoms with Gasteiger partial charge in [-0.25, -0.2) is 14.4 Å². The van der Waals surface area contributed by atoms with Crippen molar-refractivity contribution in [3.8, 4) is 6.07 Å². The van der Waals surface area contributed by atoms with Crippen molar-refractivity contribution in [2.45, 2.75) is 6.42 Å². The van der Waals surface area contributed by atoms with E-state index in [0.29, 0.717) is 22.6 Å². The number of anilines is 2. The van der Waals surface area contributed by atoms with Crippen molar-refractivity contribution in [3.05, 3.63) is 77.9 Å². The Morgan fingerprint density at radius 2 is 1.92 bits per heavy atom. The summed E-state index contributed by atoms with van der Waals surface area (Å²) >= 11 is 0. The zero-order valence-corrected chi connectivity index (χ0v) is 13.9. The van der Waals surface area contributed by atoms with E-state index in [1.54, 1.807) is 42.5 Å². The number of halogens is 1. The second-order valence-electron chi connectivity index (χ2n) is 5.60. The number of benzene rings is 1. The van der Waals surface area contributed by atoms with Crippen LogP contribution in [0, 0.1) is 17.1 Å². The van der Waals surface area contributed by atoms with Gasteiger partial charge in [-0.1, -0.05) is 0 Å². The molecule has 0 radical (unpaired) electrons. The van der Waals surface area contributed by atoms with Gasteiger partial charge in [0.05, 0.1) is 30.1 Å². The number of hydrogen-bond donors (Lipinski definition) is 0. The normalized spacial score (nSPS) is 10.2. The van der Waals surface area contributed by atoms with E-state index in [1.165, 1.54) is 24.7 Å². The van der Waals surface area contributed by atoms with Crippen LogP contribution in [0.1, 0.15) is 21.6 Å². The van der Waals surface area contributed by atoms with Crippen LogP contribution < -0.4 is 4.90 Å². The number of nitriles is 1. The maximum Gasteiger partial charge on any atom is 0.168 e. The molecule has 1 aromatic carbocycles. The Morgan fingerprint density at radius 1 is 1.15 bits per heavy atom. The van der Waals surface area contributed by atoms with Gasteiger partial charge >= 0.3 is 0 Å². The van der Waals surface area contributed by atoms with Crippen molar-refractivity contribution in [2.24, 2.45) is 0 Å². The lowest BCUT2D eigenvalue weighted by Crippen LogP contribution is -2.12. The Balaban J connectivity index is 1.84. The van der Waals surface area contributed by atoms with Crippen LogP contribution in [-0.4, -0.2) is 27.8 Å². The van der Waals surface area contributed by atoms with Crippen molar-refractivity contribution in [3.63, 3.8) is 0 Å². The van der Waals surface area contributed by atoms with E-state index in [1.807, 2.05) is 6.07 Å². The first-order valence-corrected chi connectivity index (χ1v) is 7.74. The topological polar surface area (TPSA) is 82.8 Å². The van der Waals surface area contributed by atoms with E-state index in [9.17, 15) is 9.18 Å². The maximum atomic E-state index is 14.0. The summed E-state index contributed by atoms with van der Waals surface area (Å²) in [5, 5.41) is 8.78. The molecule has 3 rings (SSSR count). The second-order valence-corrected chi connectivity index (χ2v) is 5.60. The molecule has 0 aliphatic rings. The molecule has 128 valence electrons. The van der Waals surface area contributed by atoms with Crippen LogP contribution in [-0.2, 0) is 6.42 Å². The smallest absolute Gasteiger partial charge is 0.168 e. The number of aromatic nitrogens is 3. The second kappa shape index (κ2) is 7.49. The zero-order chi connectivity index (χ0) is 18.5. The van der Waals surface area contributed by atoms with E-state index in [-0.39, 0.29) is 17.8 Å². The average Bonchev–Trinajstić information content (AvgIpc) is 2.68. The van der Waals surface area contributed by atoms with Crippen molar-refractivity contribution < 1.29 is 9.18 Å². The van der Waals surface area contributed by atoms with Gasteiger partial charge in [0.1, 0.15) is 18.2 Å². The molecule has 0 saturated heterocycles. The van der Waals surface area contributed by atoms with Crippen LogP contribution in [0.4, 0.5) is 15.8 Å². The molecule has 0 N–H and O–H groups in total. The number of ketones is 1. The fourth-order valence-corrected chi connectivity index (χ4v) is 2.40. The summed E-state index contributed by atoms with van der Waals surface area (Å²) in [5.74, 6) is -0.775. The van der Waals surface area contributed by atoms with E-state index in [4.69, 9.17) is 5.26 Å². The number of pyridine rings is 1. The summed E-state index contributed by atoms with van der Waals surface area (Å²) < 4.78 is 14.0. The number of nitrogens with zero attached hydrogens (tertiary/aromatic N) is 5. The molecule has 0 atom stereocenters. The Morgan fingerprint density at radius 3 is 2.58 bits per heavy atom. The van der Waals surface area contributed by atoms with Crippen molar-refractivity contribution in [1.82, 2.24) is 15.0 Å². The predicted octanol–water partition coefficient (Wildman–Crippen LogP) is 3.08. The van der Waals surface area contributed by atoms with Crippen LogP contribution in [0.3, 0.4) is 0 Å². The highest BCUT2D eigenvalue weighted by Gasteiger charge is 2.13.